The first-order valence-electron chi connectivity index (χ1n) is 7.94. The van der Waals surface area contributed by atoms with Crippen molar-refractivity contribution in [1.82, 2.24) is 14.7 Å². The van der Waals surface area contributed by atoms with Gasteiger partial charge in [-0.1, -0.05) is 24.8 Å². The van der Waals surface area contributed by atoms with Crippen molar-refractivity contribution >= 4 is 17.5 Å². The Hall–Kier alpha value is -2.89. The number of nitrogens with one attached hydrogen (secondary N) is 1. The van der Waals surface area contributed by atoms with Gasteiger partial charge in [0.25, 0.3) is 5.91 Å². The molecule has 1 fully saturated rings. The van der Waals surface area contributed by atoms with Gasteiger partial charge in [-0.2, -0.15) is 5.10 Å². The van der Waals surface area contributed by atoms with Crippen LogP contribution in [-0.2, 0) is 15.1 Å². The van der Waals surface area contributed by atoms with Gasteiger partial charge in [-0.3, -0.25) is 14.3 Å². The molecule has 0 spiro atoms. The highest BCUT2D eigenvalue weighted by Gasteiger charge is 2.44. The summed E-state index contributed by atoms with van der Waals surface area (Å²) < 4.78 is 1.71. The van der Waals surface area contributed by atoms with Crippen molar-refractivity contribution in [1.29, 1.82) is 0 Å². The Kier molecular flexibility index (Phi) is 4.46. The Morgan fingerprint density at radius 3 is 2.46 bits per heavy atom. The highest BCUT2D eigenvalue weighted by atomic mass is 16.2. The SMILES string of the molecule is C=CC(=O)N1CCC(C(=O)Nc2ccccc2)(n2cccn2)CC1. The number of hydrogen-bond donors (Lipinski definition) is 1. The molecule has 3 rings (SSSR count). The minimum atomic E-state index is -0.794. The van der Waals surface area contributed by atoms with E-state index in [0.717, 1.165) is 5.69 Å². The molecule has 1 saturated heterocycles. The average molecular weight is 324 g/mol. The van der Waals surface area contributed by atoms with Crippen molar-refractivity contribution in [3.05, 3.63) is 61.4 Å². The molecule has 1 aromatic heterocycles. The van der Waals surface area contributed by atoms with Gasteiger partial charge in [0.05, 0.1) is 0 Å². The number of benzene rings is 1. The predicted octanol–water partition coefficient (Wildman–Crippen LogP) is 2.03. The Morgan fingerprint density at radius 2 is 1.88 bits per heavy atom. The first-order chi connectivity index (χ1) is 11.7. The minimum Gasteiger partial charge on any atom is -0.339 e. The number of hydrogen-bond acceptors (Lipinski definition) is 3. The van der Waals surface area contributed by atoms with Crippen LogP contribution in [0.25, 0.3) is 0 Å². The molecular formula is C18H20N4O2. The lowest BCUT2D eigenvalue weighted by molar-refractivity contribution is -0.134. The van der Waals surface area contributed by atoms with Gasteiger partial charge in [0, 0.05) is 31.2 Å². The monoisotopic (exact) mass is 324 g/mol. The molecule has 24 heavy (non-hydrogen) atoms. The molecule has 6 heteroatoms. The molecule has 2 aromatic rings. The number of amides is 2. The Bertz CT molecular complexity index is 717. The molecule has 0 unspecified atom stereocenters. The van der Waals surface area contributed by atoms with Crippen molar-refractivity contribution in [2.24, 2.45) is 0 Å². The number of rotatable bonds is 4. The maximum absolute atomic E-state index is 13.0. The zero-order chi connectivity index (χ0) is 17.0. The van der Waals surface area contributed by atoms with Crippen molar-refractivity contribution in [2.75, 3.05) is 18.4 Å². The number of piperidine rings is 1. The van der Waals surface area contributed by atoms with Crippen molar-refractivity contribution in [3.8, 4) is 0 Å². The van der Waals surface area contributed by atoms with Gasteiger partial charge >= 0.3 is 0 Å². The lowest BCUT2D eigenvalue weighted by Gasteiger charge is -2.40. The van der Waals surface area contributed by atoms with Crippen LogP contribution in [0.1, 0.15) is 12.8 Å². The van der Waals surface area contributed by atoms with Crippen LogP contribution in [0, 0.1) is 0 Å². The first-order valence-corrected chi connectivity index (χ1v) is 7.94. The maximum Gasteiger partial charge on any atom is 0.252 e. The van der Waals surface area contributed by atoms with Crippen LogP contribution < -0.4 is 5.32 Å². The summed E-state index contributed by atoms with van der Waals surface area (Å²) in [7, 11) is 0. The Balaban J connectivity index is 1.84. The van der Waals surface area contributed by atoms with Crippen molar-refractivity contribution < 1.29 is 9.59 Å². The molecule has 0 radical (unpaired) electrons. The van der Waals surface area contributed by atoms with Gasteiger partial charge in [-0.25, -0.2) is 0 Å². The Labute approximate surface area is 140 Å². The predicted molar refractivity (Wildman–Crippen MR) is 91.3 cm³/mol. The molecule has 1 aliphatic heterocycles. The fourth-order valence-corrected chi connectivity index (χ4v) is 3.08. The van der Waals surface area contributed by atoms with E-state index in [9.17, 15) is 9.59 Å². The lowest BCUT2D eigenvalue weighted by Crippen LogP contribution is -2.54. The first kappa shape index (κ1) is 16.0. The molecular weight excluding hydrogens is 304 g/mol. The van der Waals surface area contributed by atoms with Crippen molar-refractivity contribution in [3.63, 3.8) is 0 Å². The van der Waals surface area contributed by atoms with Crippen LogP contribution in [-0.4, -0.2) is 39.6 Å². The molecule has 0 bridgehead atoms. The second-order valence-electron chi connectivity index (χ2n) is 5.83. The molecule has 1 aromatic carbocycles. The summed E-state index contributed by atoms with van der Waals surface area (Å²) in [5.74, 6) is -0.212. The average Bonchev–Trinajstić information content (AvgIpc) is 3.17. The summed E-state index contributed by atoms with van der Waals surface area (Å²) in [6, 6.07) is 11.2. The third kappa shape index (κ3) is 2.95. The molecule has 1 N–H and O–H groups in total. The van der Waals surface area contributed by atoms with Crippen LogP contribution in [0.3, 0.4) is 0 Å². The van der Waals surface area contributed by atoms with Crippen LogP contribution in [0.5, 0.6) is 0 Å². The smallest absolute Gasteiger partial charge is 0.252 e. The second-order valence-corrected chi connectivity index (χ2v) is 5.83. The van der Waals surface area contributed by atoms with E-state index in [-0.39, 0.29) is 11.8 Å². The molecule has 124 valence electrons. The third-order valence-corrected chi connectivity index (χ3v) is 4.47. The highest BCUT2D eigenvalue weighted by Crippen LogP contribution is 2.31. The Morgan fingerprint density at radius 1 is 1.17 bits per heavy atom. The third-order valence-electron chi connectivity index (χ3n) is 4.47. The highest BCUT2D eigenvalue weighted by molar-refractivity contribution is 5.97. The normalized spacial score (nSPS) is 16.4. The molecule has 6 nitrogen and oxygen atoms in total. The van der Waals surface area contributed by atoms with Gasteiger partial charge in [0.15, 0.2) is 0 Å². The molecule has 2 amide bonds. The van der Waals surface area contributed by atoms with Gasteiger partial charge in [0.2, 0.25) is 5.91 Å². The number of aromatic nitrogens is 2. The fourth-order valence-electron chi connectivity index (χ4n) is 3.08. The second kappa shape index (κ2) is 6.70. The van der Waals surface area contributed by atoms with Gasteiger partial charge in [0.1, 0.15) is 5.54 Å². The van der Waals surface area contributed by atoms with Crippen molar-refractivity contribution in [2.45, 2.75) is 18.4 Å². The van der Waals surface area contributed by atoms with E-state index in [1.807, 2.05) is 30.3 Å². The molecule has 0 saturated carbocycles. The van der Waals surface area contributed by atoms with E-state index in [0.29, 0.717) is 25.9 Å². The topological polar surface area (TPSA) is 67.2 Å². The van der Waals surface area contributed by atoms with Crippen LogP contribution >= 0.6 is 0 Å². The lowest BCUT2D eigenvalue weighted by atomic mass is 9.86. The summed E-state index contributed by atoms with van der Waals surface area (Å²) >= 11 is 0. The van der Waals surface area contributed by atoms with Gasteiger partial charge in [-0.05, 0) is 37.1 Å². The number of carbonyl (C=O) groups excluding carboxylic acids is 2. The van der Waals surface area contributed by atoms with E-state index in [4.69, 9.17) is 0 Å². The van der Waals surface area contributed by atoms with E-state index in [2.05, 4.69) is 17.0 Å². The quantitative estimate of drug-likeness (QED) is 0.875. The number of likely N-dealkylation sites (tertiary alicyclic amines) is 1. The summed E-state index contributed by atoms with van der Waals surface area (Å²) in [5.41, 5.74) is -0.0456. The van der Waals surface area contributed by atoms with E-state index in [1.165, 1.54) is 6.08 Å². The number of nitrogens with zero attached hydrogens (tertiary/aromatic N) is 3. The van der Waals surface area contributed by atoms with Gasteiger partial charge in [-0.15, -0.1) is 0 Å². The molecule has 1 aliphatic rings. The van der Waals surface area contributed by atoms with E-state index in [1.54, 1.807) is 28.0 Å². The zero-order valence-corrected chi connectivity index (χ0v) is 13.4. The number of carbonyl (C=O) groups is 2. The summed E-state index contributed by atoms with van der Waals surface area (Å²) in [5, 5.41) is 7.27. The standard InChI is InChI=1S/C18H20N4O2/c1-2-16(23)21-13-9-18(10-14-21,22-12-6-11-19-22)17(24)20-15-7-4-3-5-8-15/h2-8,11-12H,1,9-10,13-14H2,(H,20,24). The zero-order valence-electron chi connectivity index (χ0n) is 13.4. The number of para-hydroxylation sites is 1. The maximum atomic E-state index is 13.0. The molecule has 0 aliphatic carbocycles. The minimum absolute atomic E-state index is 0.104. The molecule has 0 atom stereocenters. The van der Waals surface area contributed by atoms with Crippen LogP contribution in [0.15, 0.2) is 61.4 Å². The summed E-state index contributed by atoms with van der Waals surface area (Å²) in [6.45, 7) is 4.51. The van der Waals surface area contributed by atoms with Crippen LogP contribution in [0.4, 0.5) is 5.69 Å². The largest absolute Gasteiger partial charge is 0.339 e. The van der Waals surface area contributed by atoms with E-state index < -0.39 is 5.54 Å². The fraction of sp³-hybridized carbons (Fsp3) is 0.278. The van der Waals surface area contributed by atoms with Gasteiger partial charge < -0.3 is 10.2 Å². The summed E-state index contributed by atoms with van der Waals surface area (Å²) in [4.78, 5) is 26.6. The number of anilines is 1. The summed E-state index contributed by atoms with van der Waals surface area (Å²) in [6.07, 6.45) is 5.79. The van der Waals surface area contributed by atoms with E-state index >= 15 is 0 Å². The molecule has 2 heterocycles. The van der Waals surface area contributed by atoms with Crippen LogP contribution in [0.2, 0.25) is 0 Å².